The zero-order valence-corrected chi connectivity index (χ0v) is 10.4. The van der Waals surface area contributed by atoms with Crippen LogP contribution in [0.25, 0.3) is 0 Å². The summed E-state index contributed by atoms with van der Waals surface area (Å²) in [5, 5.41) is 0. The molecule has 0 aromatic carbocycles. The van der Waals surface area contributed by atoms with Crippen molar-refractivity contribution in [2.45, 2.75) is 46.6 Å². The van der Waals surface area contributed by atoms with Crippen LogP contribution in [0.4, 0.5) is 0 Å². The van der Waals surface area contributed by atoms with Gasteiger partial charge in [-0.1, -0.05) is 40.7 Å². The third-order valence-electron chi connectivity index (χ3n) is 2.41. The van der Waals surface area contributed by atoms with Crippen LogP contribution in [-0.4, -0.2) is 4.57 Å². The molecule has 0 N–H and O–H groups in total. The fourth-order valence-corrected chi connectivity index (χ4v) is 1.51. The van der Waals surface area contributed by atoms with Crippen LogP contribution in [0.2, 0.25) is 0 Å². The van der Waals surface area contributed by atoms with Gasteiger partial charge in [-0.15, -0.1) is 0 Å². The molecule has 0 unspecified atom stereocenters. The Labute approximate surface area is 91.9 Å². The Hall–Kier alpha value is -1.05. The molecule has 0 fully saturated rings. The Kier molecular flexibility index (Phi) is 3.38. The first-order chi connectivity index (χ1) is 6.80. The van der Waals surface area contributed by atoms with E-state index in [4.69, 9.17) is 0 Å². The predicted molar refractivity (Wildman–Crippen MR) is 64.2 cm³/mol. The number of hydrogen-bond acceptors (Lipinski definition) is 1. The molecule has 0 aliphatic carbocycles. The van der Waals surface area contributed by atoms with Crippen molar-refractivity contribution in [1.29, 1.82) is 0 Å². The lowest BCUT2D eigenvalue weighted by atomic mass is 9.88. The number of nitrogens with zero attached hydrogens (tertiary/aromatic N) is 1. The molecule has 0 bridgehead atoms. The first-order valence-electron chi connectivity index (χ1n) is 5.51. The van der Waals surface area contributed by atoms with E-state index in [2.05, 4.69) is 34.6 Å². The monoisotopic (exact) mass is 207 g/mol. The van der Waals surface area contributed by atoms with E-state index in [0.29, 0.717) is 5.92 Å². The van der Waals surface area contributed by atoms with E-state index in [1.807, 2.05) is 16.8 Å². The molecule has 1 heterocycles. The highest BCUT2D eigenvalue weighted by molar-refractivity contribution is 5.18. The lowest BCUT2D eigenvalue weighted by Gasteiger charge is -2.20. The van der Waals surface area contributed by atoms with E-state index in [1.54, 1.807) is 6.07 Å². The van der Waals surface area contributed by atoms with Gasteiger partial charge in [0, 0.05) is 18.8 Å². The van der Waals surface area contributed by atoms with Gasteiger partial charge < -0.3 is 4.57 Å². The lowest BCUT2D eigenvalue weighted by molar-refractivity contribution is 0.499. The Bertz CT molecular complexity index is 382. The van der Waals surface area contributed by atoms with Gasteiger partial charge in [0.25, 0.3) is 5.56 Å². The molecule has 0 spiro atoms. The number of pyridine rings is 1. The third kappa shape index (κ3) is 3.22. The molecular weight excluding hydrogens is 186 g/mol. The Morgan fingerprint density at radius 3 is 2.33 bits per heavy atom. The minimum atomic E-state index is 0.0942. The number of hydrogen-bond donors (Lipinski definition) is 0. The summed E-state index contributed by atoms with van der Waals surface area (Å²) in [7, 11) is 0. The van der Waals surface area contributed by atoms with E-state index in [0.717, 1.165) is 6.54 Å². The molecule has 84 valence electrons. The topological polar surface area (TPSA) is 22.0 Å². The second kappa shape index (κ2) is 4.21. The van der Waals surface area contributed by atoms with Gasteiger partial charge in [-0.05, 0) is 16.9 Å². The minimum absolute atomic E-state index is 0.0942. The van der Waals surface area contributed by atoms with Gasteiger partial charge in [0.1, 0.15) is 0 Å². The highest BCUT2D eigenvalue weighted by Crippen LogP contribution is 2.20. The molecular formula is C13H21NO. The van der Waals surface area contributed by atoms with Crippen molar-refractivity contribution in [2.75, 3.05) is 0 Å². The van der Waals surface area contributed by atoms with Gasteiger partial charge >= 0.3 is 0 Å². The maximum Gasteiger partial charge on any atom is 0.250 e. The lowest BCUT2D eigenvalue weighted by Crippen LogP contribution is -2.24. The molecule has 15 heavy (non-hydrogen) atoms. The summed E-state index contributed by atoms with van der Waals surface area (Å²) in [6.07, 6.45) is 1.99. The molecule has 0 aliphatic heterocycles. The maximum absolute atomic E-state index is 11.6. The van der Waals surface area contributed by atoms with Crippen LogP contribution >= 0.6 is 0 Å². The molecule has 2 nitrogen and oxygen atoms in total. The molecule has 0 radical (unpaired) electrons. The second-order valence-electron chi connectivity index (χ2n) is 5.55. The van der Waals surface area contributed by atoms with Gasteiger partial charge in [0.2, 0.25) is 0 Å². The summed E-state index contributed by atoms with van der Waals surface area (Å²) in [4.78, 5) is 11.6. The predicted octanol–water partition coefficient (Wildman–Crippen LogP) is 2.80. The highest BCUT2D eigenvalue weighted by Gasteiger charge is 2.14. The summed E-state index contributed by atoms with van der Waals surface area (Å²) in [5.74, 6) is 0.498. The molecule has 1 rings (SSSR count). The van der Waals surface area contributed by atoms with Crippen LogP contribution in [0.15, 0.2) is 23.1 Å². The number of aromatic nitrogens is 1. The SMILES string of the molecule is CC(C)Cn1cc(C(C)(C)C)ccc1=O. The smallest absolute Gasteiger partial charge is 0.250 e. The van der Waals surface area contributed by atoms with Gasteiger partial charge in [0.15, 0.2) is 0 Å². The first-order valence-corrected chi connectivity index (χ1v) is 5.51. The Morgan fingerprint density at radius 2 is 1.87 bits per heavy atom. The fraction of sp³-hybridized carbons (Fsp3) is 0.615. The average Bonchev–Trinajstić information content (AvgIpc) is 2.06. The quantitative estimate of drug-likeness (QED) is 0.731. The van der Waals surface area contributed by atoms with Crippen LogP contribution in [0, 0.1) is 5.92 Å². The van der Waals surface area contributed by atoms with Gasteiger partial charge in [-0.2, -0.15) is 0 Å². The van der Waals surface area contributed by atoms with Gasteiger partial charge in [-0.3, -0.25) is 4.79 Å². The zero-order valence-electron chi connectivity index (χ0n) is 10.4. The van der Waals surface area contributed by atoms with E-state index in [9.17, 15) is 4.79 Å². The molecule has 1 aromatic heterocycles. The second-order valence-corrected chi connectivity index (χ2v) is 5.55. The van der Waals surface area contributed by atoms with Gasteiger partial charge in [-0.25, -0.2) is 0 Å². The van der Waals surface area contributed by atoms with Crippen molar-refractivity contribution in [3.63, 3.8) is 0 Å². The Balaban J connectivity index is 3.11. The third-order valence-corrected chi connectivity index (χ3v) is 2.41. The molecule has 1 aromatic rings. The standard InChI is InChI=1S/C13H21NO/c1-10(2)8-14-9-11(13(3,4)5)6-7-12(14)15/h6-7,9-10H,8H2,1-5H3. The normalized spacial score (nSPS) is 12.1. The van der Waals surface area contributed by atoms with Crippen molar-refractivity contribution in [2.24, 2.45) is 5.92 Å². The molecule has 0 aliphatic rings. The Morgan fingerprint density at radius 1 is 1.27 bits per heavy atom. The largest absolute Gasteiger partial charge is 0.315 e. The van der Waals surface area contributed by atoms with Crippen molar-refractivity contribution in [3.05, 3.63) is 34.2 Å². The summed E-state index contributed by atoms with van der Waals surface area (Å²) >= 11 is 0. The number of rotatable bonds is 2. The summed E-state index contributed by atoms with van der Waals surface area (Å²) in [5.41, 5.74) is 1.41. The van der Waals surface area contributed by atoms with Crippen molar-refractivity contribution < 1.29 is 0 Å². The average molecular weight is 207 g/mol. The van der Waals surface area contributed by atoms with Crippen molar-refractivity contribution >= 4 is 0 Å². The van der Waals surface area contributed by atoms with Gasteiger partial charge in [0.05, 0.1) is 0 Å². The molecule has 0 atom stereocenters. The van der Waals surface area contributed by atoms with Crippen LogP contribution in [0.3, 0.4) is 0 Å². The van der Waals surface area contributed by atoms with Crippen LogP contribution in [0.1, 0.15) is 40.2 Å². The van der Waals surface area contributed by atoms with E-state index >= 15 is 0 Å². The maximum atomic E-state index is 11.6. The molecule has 0 saturated heterocycles. The van der Waals surface area contributed by atoms with Crippen LogP contribution in [-0.2, 0) is 12.0 Å². The minimum Gasteiger partial charge on any atom is -0.315 e. The van der Waals surface area contributed by atoms with Crippen molar-refractivity contribution in [3.8, 4) is 0 Å². The molecule has 0 amide bonds. The fourth-order valence-electron chi connectivity index (χ4n) is 1.51. The van der Waals surface area contributed by atoms with Crippen molar-refractivity contribution in [1.82, 2.24) is 4.57 Å². The molecule has 0 saturated carbocycles. The van der Waals surface area contributed by atoms with E-state index < -0.39 is 0 Å². The highest BCUT2D eigenvalue weighted by atomic mass is 16.1. The summed E-state index contributed by atoms with van der Waals surface area (Å²) in [6, 6.07) is 3.60. The summed E-state index contributed by atoms with van der Waals surface area (Å²) < 4.78 is 1.81. The van der Waals surface area contributed by atoms with Crippen LogP contribution in [0.5, 0.6) is 0 Å². The molecule has 2 heteroatoms. The van der Waals surface area contributed by atoms with E-state index in [1.165, 1.54) is 5.56 Å². The van der Waals surface area contributed by atoms with Crippen LogP contribution < -0.4 is 5.56 Å². The van der Waals surface area contributed by atoms with E-state index in [-0.39, 0.29) is 11.0 Å². The summed E-state index contributed by atoms with van der Waals surface area (Å²) in [6.45, 7) is 11.5. The first kappa shape index (κ1) is 12.0. The zero-order chi connectivity index (χ0) is 11.6.